The Balaban J connectivity index is 1.42. The van der Waals surface area contributed by atoms with Gasteiger partial charge >= 0.3 is 6.09 Å². The molecule has 5 aromatic carbocycles. The van der Waals surface area contributed by atoms with Gasteiger partial charge in [-0.05, 0) is 73.1 Å². The fourth-order valence-corrected chi connectivity index (χ4v) is 9.65. The number of hydrogen-bond acceptors (Lipinski definition) is 6. The molecule has 1 aliphatic carbocycles. The molecule has 6 rings (SSSR count). The Morgan fingerprint density at radius 1 is 0.759 bits per heavy atom. The van der Waals surface area contributed by atoms with Crippen LogP contribution in [0.2, 0.25) is 0 Å². The summed E-state index contributed by atoms with van der Waals surface area (Å²) in [6.07, 6.45) is -1.16. The molecule has 278 valence electrons. The summed E-state index contributed by atoms with van der Waals surface area (Å²) in [5.74, 6) is -1.04. The minimum atomic E-state index is -2.21. The number of amides is 1. The summed E-state index contributed by atoms with van der Waals surface area (Å²) in [6, 6.07) is 48.4. The molecule has 0 radical (unpaired) electrons. The highest BCUT2D eigenvalue weighted by Gasteiger charge is 2.52. The van der Waals surface area contributed by atoms with Crippen molar-refractivity contribution in [2.45, 2.75) is 76.6 Å². The first-order valence-electron chi connectivity index (χ1n) is 18.8. The maximum absolute atomic E-state index is 13.9. The van der Waals surface area contributed by atoms with Gasteiger partial charge < -0.3 is 19.5 Å². The van der Waals surface area contributed by atoms with Gasteiger partial charge in [-0.2, -0.15) is 5.26 Å². The summed E-state index contributed by atoms with van der Waals surface area (Å²) in [5.41, 5.74) is 6.15. The third kappa shape index (κ3) is 7.71. The zero-order valence-corrected chi connectivity index (χ0v) is 32.6. The summed E-state index contributed by atoms with van der Waals surface area (Å²) < 4.78 is 15.0. The minimum absolute atomic E-state index is 0.0391. The van der Waals surface area contributed by atoms with Crippen LogP contribution in [-0.4, -0.2) is 46.5 Å². The molecule has 0 heterocycles. The highest BCUT2D eigenvalue weighted by atomic mass is 31.2. The van der Waals surface area contributed by atoms with Crippen molar-refractivity contribution < 1.29 is 18.9 Å². The molecule has 0 saturated heterocycles. The molecule has 1 aliphatic rings. The summed E-state index contributed by atoms with van der Waals surface area (Å²) in [6.45, 7) is 10.2. The summed E-state index contributed by atoms with van der Waals surface area (Å²) in [4.78, 5) is 26.0. The lowest BCUT2D eigenvalue weighted by molar-refractivity contribution is 0.0694. The molecule has 0 fully saturated rings. The molecule has 0 spiro atoms. The Bertz CT molecular complexity index is 1870. The van der Waals surface area contributed by atoms with Crippen LogP contribution in [0.15, 0.2) is 140 Å². The number of alkyl carbamates (subject to hydrolysis) is 1. The van der Waals surface area contributed by atoms with Gasteiger partial charge in [0.05, 0.1) is 23.4 Å². The molecule has 0 aromatic heterocycles. The topological polar surface area (TPSA) is 94.8 Å². The molecular formula is C46H50N3O4P. The first-order chi connectivity index (χ1) is 26.2. The van der Waals surface area contributed by atoms with Gasteiger partial charge in [-0.1, -0.05) is 146 Å². The average Bonchev–Trinajstić information content (AvgIpc) is 3.51. The SMILES string of the molecule is CCC(NC(=O)OCC1c2ccccc2-c2ccccc21)C(C#N)C(OP(O)N(C(C)C)C(C)C)C(c1ccccc1)(c1ccccc1)c1ccccc1. The molecule has 0 bridgehead atoms. The van der Waals surface area contributed by atoms with Gasteiger partial charge in [0, 0.05) is 18.0 Å². The van der Waals surface area contributed by atoms with E-state index in [-0.39, 0.29) is 24.6 Å². The number of benzene rings is 5. The second-order valence-electron chi connectivity index (χ2n) is 14.4. The fraction of sp³-hybridized carbons (Fsp3) is 0.304. The second-order valence-corrected chi connectivity index (χ2v) is 15.6. The predicted octanol–water partition coefficient (Wildman–Crippen LogP) is 10.2. The maximum atomic E-state index is 13.9. The summed E-state index contributed by atoms with van der Waals surface area (Å²) >= 11 is 0. The fourth-order valence-electron chi connectivity index (χ4n) is 8.26. The molecule has 4 atom stereocenters. The molecule has 7 nitrogen and oxygen atoms in total. The van der Waals surface area contributed by atoms with E-state index in [0.717, 1.165) is 38.9 Å². The van der Waals surface area contributed by atoms with E-state index in [2.05, 4.69) is 35.7 Å². The molecule has 8 heteroatoms. The highest BCUT2D eigenvalue weighted by molar-refractivity contribution is 7.43. The smallest absolute Gasteiger partial charge is 0.407 e. The van der Waals surface area contributed by atoms with Crippen LogP contribution < -0.4 is 5.32 Å². The number of nitrogens with one attached hydrogen (secondary N) is 1. The summed E-state index contributed by atoms with van der Waals surface area (Å²) in [5, 5.41) is 14.4. The Hall–Kier alpha value is -4.83. The number of carbonyl (C=O) groups excluding carboxylic acids is 1. The minimum Gasteiger partial charge on any atom is -0.449 e. The molecule has 1 amide bonds. The number of rotatable bonds is 15. The number of nitrogens with zero attached hydrogens (tertiary/aromatic N) is 2. The number of fused-ring (bicyclic) bond motifs is 3. The van der Waals surface area contributed by atoms with Crippen LogP contribution in [-0.2, 0) is 14.7 Å². The normalized spacial score (nSPS) is 14.9. The van der Waals surface area contributed by atoms with Crippen LogP contribution in [0.5, 0.6) is 0 Å². The lowest BCUT2D eigenvalue weighted by Gasteiger charge is -2.47. The monoisotopic (exact) mass is 739 g/mol. The van der Waals surface area contributed by atoms with E-state index in [1.54, 1.807) is 0 Å². The van der Waals surface area contributed by atoms with Crippen LogP contribution in [0.3, 0.4) is 0 Å². The van der Waals surface area contributed by atoms with E-state index in [0.29, 0.717) is 6.42 Å². The lowest BCUT2D eigenvalue weighted by Crippen LogP contribution is -2.54. The standard InChI is InChI=1S/C46H50N3O4P/c1-6-43(48-45(50)52-31-42-39-28-18-16-26-37(39)38-27-17-19-29-40(38)42)41(30-47)44(53-54(51)49(32(2)3)33(4)5)46(34-20-10-7-11-21-34,35-22-12-8-13-23-35)36-24-14-9-15-25-36/h7-29,32-33,41-44,51H,6,31H2,1-5H3,(H,48,50). The number of nitriles is 1. The third-order valence-corrected chi connectivity index (χ3v) is 12.3. The molecule has 54 heavy (non-hydrogen) atoms. The first kappa shape index (κ1) is 38.9. The number of hydrogen-bond donors (Lipinski definition) is 2. The van der Waals surface area contributed by atoms with Crippen molar-refractivity contribution in [1.29, 1.82) is 5.26 Å². The Labute approximate surface area is 321 Å². The van der Waals surface area contributed by atoms with Gasteiger partial charge in [0.1, 0.15) is 12.7 Å². The quantitative estimate of drug-likeness (QED) is 0.0820. The Morgan fingerprint density at radius 3 is 1.59 bits per heavy atom. The molecule has 0 saturated carbocycles. The van der Waals surface area contributed by atoms with Crippen molar-refractivity contribution >= 4 is 14.6 Å². The van der Waals surface area contributed by atoms with Crippen LogP contribution in [0, 0.1) is 17.2 Å². The van der Waals surface area contributed by atoms with Crippen molar-refractivity contribution in [2.75, 3.05) is 6.61 Å². The van der Waals surface area contributed by atoms with E-state index in [4.69, 9.17) is 9.26 Å². The molecule has 0 aliphatic heterocycles. The number of carbonyl (C=O) groups is 1. The molecule has 2 N–H and O–H groups in total. The van der Waals surface area contributed by atoms with Gasteiger partial charge in [0.2, 0.25) is 0 Å². The predicted molar refractivity (Wildman–Crippen MR) is 217 cm³/mol. The van der Waals surface area contributed by atoms with Crippen molar-refractivity contribution in [2.24, 2.45) is 5.92 Å². The van der Waals surface area contributed by atoms with Gasteiger partial charge in [-0.25, -0.2) is 9.46 Å². The van der Waals surface area contributed by atoms with E-state index in [1.807, 2.05) is 155 Å². The Kier molecular flexibility index (Phi) is 12.6. The van der Waals surface area contributed by atoms with Gasteiger partial charge in [0.25, 0.3) is 8.53 Å². The molecule has 5 aromatic rings. The van der Waals surface area contributed by atoms with E-state index < -0.39 is 38.1 Å². The van der Waals surface area contributed by atoms with Gasteiger partial charge in [-0.15, -0.1) is 0 Å². The van der Waals surface area contributed by atoms with E-state index in [9.17, 15) is 14.9 Å². The number of ether oxygens (including phenoxy) is 1. The largest absolute Gasteiger partial charge is 0.449 e. The lowest BCUT2D eigenvalue weighted by atomic mass is 9.62. The van der Waals surface area contributed by atoms with Gasteiger partial charge in [0.15, 0.2) is 0 Å². The third-order valence-electron chi connectivity index (χ3n) is 10.6. The van der Waals surface area contributed by atoms with Crippen molar-refractivity contribution in [3.8, 4) is 17.2 Å². The summed E-state index contributed by atoms with van der Waals surface area (Å²) in [7, 11) is -2.21. The maximum Gasteiger partial charge on any atom is 0.407 e. The zero-order valence-electron chi connectivity index (χ0n) is 31.7. The Morgan fingerprint density at radius 2 is 1.19 bits per heavy atom. The zero-order chi connectivity index (χ0) is 38.2. The van der Waals surface area contributed by atoms with Crippen LogP contribution >= 0.6 is 8.53 Å². The molecule has 4 unspecified atom stereocenters. The van der Waals surface area contributed by atoms with Crippen LogP contribution in [0.4, 0.5) is 4.79 Å². The van der Waals surface area contributed by atoms with E-state index >= 15 is 0 Å². The second kappa shape index (κ2) is 17.5. The van der Waals surface area contributed by atoms with Crippen molar-refractivity contribution in [3.63, 3.8) is 0 Å². The van der Waals surface area contributed by atoms with E-state index in [1.165, 1.54) is 0 Å². The van der Waals surface area contributed by atoms with Crippen LogP contribution in [0.25, 0.3) is 11.1 Å². The van der Waals surface area contributed by atoms with Crippen LogP contribution in [0.1, 0.15) is 74.8 Å². The highest BCUT2D eigenvalue weighted by Crippen LogP contribution is 2.53. The van der Waals surface area contributed by atoms with Crippen molar-refractivity contribution in [1.82, 2.24) is 9.99 Å². The molecular weight excluding hydrogens is 689 g/mol. The average molecular weight is 740 g/mol. The van der Waals surface area contributed by atoms with Gasteiger partial charge in [-0.3, -0.25) is 0 Å². The first-order valence-corrected chi connectivity index (χ1v) is 20.0. The van der Waals surface area contributed by atoms with Crippen molar-refractivity contribution in [3.05, 3.63) is 167 Å².